The van der Waals surface area contributed by atoms with Crippen molar-refractivity contribution < 1.29 is 67.4 Å². The first kappa shape index (κ1) is 47.2. The molecule has 1 aromatic carbocycles. The van der Waals surface area contributed by atoms with Crippen molar-refractivity contribution in [2.45, 2.75) is 153 Å². The zero-order valence-electron chi connectivity index (χ0n) is 38.2. The molecule has 1 aromatic rings. The first-order chi connectivity index (χ1) is 28.7. The van der Waals surface area contributed by atoms with Crippen molar-refractivity contribution in [3.05, 3.63) is 47.0 Å². The highest BCUT2D eigenvalue weighted by Crippen LogP contribution is 2.93. The number of alkyl carbamates (subject to hydrolysis) is 1. The molecule has 11 atom stereocenters. The quantitative estimate of drug-likeness (QED) is 0.121. The molecule has 0 aromatic heterocycles. The van der Waals surface area contributed by atoms with E-state index in [2.05, 4.69) is 5.32 Å². The number of carbonyl (C=O) groups excluding carboxylic acids is 6. The van der Waals surface area contributed by atoms with Gasteiger partial charge in [-0.15, -0.1) is 0 Å². The Morgan fingerprint density at radius 2 is 1.66 bits per heavy atom. The molecule has 17 heteroatoms. The number of ether oxygens (including phenoxy) is 6. The number of ketones is 1. The molecule has 2 saturated heterocycles. The zero-order chi connectivity index (χ0) is 46.3. The molecular formula is C45H63BN2O14. The minimum absolute atomic E-state index is 0.00646. The van der Waals surface area contributed by atoms with Crippen molar-refractivity contribution in [3.8, 4) is 0 Å². The summed E-state index contributed by atoms with van der Waals surface area (Å²) in [5, 5.41) is 25.3. The molecule has 2 aliphatic heterocycles. The van der Waals surface area contributed by atoms with E-state index in [9.17, 15) is 34.2 Å². The predicted octanol–water partition coefficient (Wildman–Crippen LogP) is 4.49. The van der Waals surface area contributed by atoms with Crippen molar-refractivity contribution >= 4 is 42.3 Å². The summed E-state index contributed by atoms with van der Waals surface area (Å²) in [6.07, 6.45) is -10.3. The summed E-state index contributed by atoms with van der Waals surface area (Å²) in [7, 11) is 4.32. The summed E-state index contributed by atoms with van der Waals surface area (Å²) in [5.41, 5.74) is -6.45. The lowest BCUT2D eigenvalue weighted by atomic mass is 9.40. The van der Waals surface area contributed by atoms with Crippen molar-refractivity contribution in [2.24, 2.45) is 16.7 Å². The van der Waals surface area contributed by atoms with Crippen LogP contribution in [0.3, 0.4) is 0 Å². The summed E-state index contributed by atoms with van der Waals surface area (Å²) in [5.74, 6) is -2.79. The fourth-order valence-electron chi connectivity index (χ4n) is 11.8. The van der Waals surface area contributed by atoms with Crippen LogP contribution >= 0.6 is 0 Å². The maximum Gasteiger partial charge on any atom is 0.410 e. The number of nitrogens with zero attached hydrogens (tertiary/aromatic N) is 1. The second-order valence-electron chi connectivity index (χ2n) is 20.2. The Morgan fingerprint density at radius 1 is 1.03 bits per heavy atom. The lowest BCUT2D eigenvalue weighted by molar-refractivity contribution is -0.244. The molecular weight excluding hydrogens is 803 g/mol. The van der Waals surface area contributed by atoms with Crippen LogP contribution in [-0.2, 0) is 42.8 Å². The van der Waals surface area contributed by atoms with E-state index in [1.807, 2.05) is 13.8 Å². The Morgan fingerprint density at radius 3 is 2.18 bits per heavy atom. The van der Waals surface area contributed by atoms with Gasteiger partial charge in [-0.2, -0.15) is 0 Å². The van der Waals surface area contributed by atoms with Gasteiger partial charge in [0.05, 0.1) is 34.9 Å². The third kappa shape index (κ3) is 6.96. The number of nitrogens with one attached hydrogen (secondary N) is 1. The van der Waals surface area contributed by atoms with E-state index >= 15 is 4.79 Å². The van der Waals surface area contributed by atoms with Gasteiger partial charge in [0.15, 0.2) is 18.0 Å². The minimum Gasteiger partial charge on any atom is -0.456 e. The van der Waals surface area contributed by atoms with Crippen LogP contribution in [0.15, 0.2) is 41.5 Å². The van der Waals surface area contributed by atoms with Gasteiger partial charge in [0.2, 0.25) is 6.71 Å². The van der Waals surface area contributed by atoms with Gasteiger partial charge in [0.25, 0.3) is 0 Å². The number of Topliss-reactive ketones (excluding diaryl/α,β-unsaturated/α-hetero) is 1. The van der Waals surface area contributed by atoms with Crippen LogP contribution in [0.5, 0.6) is 0 Å². The van der Waals surface area contributed by atoms with E-state index < -0.39 is 118 Å². The average molecular weight is 867 g/mol. The van der Waals surface area contributed by atoms with Crippen LogP contribution < -0.4 is 5.32 Å². The molecule has 6 rings (SSSR count). The largest absolute Gasteiger partial charge is 0.456 e. The Labute approximate surface area is 363 Å². The molecule has 2 heterocycles. The van der Waals surface area contributed by atoms with E-state index in [0.29, 0.717) is 0 Å². The van der Waals surface area contributed by atoms with E-state index in [4.69, 9.17) is 28.4 Å². The molecule has 5 aliphatic rings. The summed E-state index contributed by atoms with van der Waals surface area (Å²) in [6, 6.07) is 6.93. The van der Waals surface area contributed by atoms with Crippen LogP contribution in [0.2, 0.25) is 10.6 Å². The number of aliphatic hydroxyl groups excluding tert-OH is 1. The summed E-state index contributed by atoms with van der Waals surface area (Å²) in [6.45, 7) is 15.6. The second kappa shape index (κ2) is 16.0. The molecule has 16 nitrogen and oxygen atoms in total. The van der Waals surface area contributed by atoms with E-state index in [1.54, 1.807) is 78.8 Å². The fraction of sp³-hybridized carbons (Fsp3) is 0.689. The van der Waals surface area contributed by atoms with E-state index in [0.717, 1.165) is 4.90 Å². The average Bonchev–Trinajstić information content (AvgIpc) is 3.85. The number of hydrogen-bond donors (Lipinski definition) is 3. The summed E-state index contributed by atoms with van der Waals surface area (Å²) >= 11 is 0. The topological polar surface area (TPSA) is 214 Å². The van der Waals surface area contributed by atoms with Crippen molar-refractivity contribution in [1.29, 1.82) is 0 Å². The lowest BCUT2D eigenvalue weighted by Crippen LogP contribution is -2.73. The van der Waals surface area contributed by atoms with Crippen LogP contribution in [0.1, 0.15) is 98.9 Å². The maximum atomic E-state index is 16.0. The number of rotatable bonds is 11. The molecule has 4 fully saturated rings. The molecule has 340 valence electrons. The molecule has 0 radical (unpaired) electrons. The number of aliphatic hydroxyl groups is 2. The Hall–Kier alpha value is -4.32. The Kier molecular flexibility index (Phi) is 12.2. The van der Waals surface area contributed by atoms with Gasteiger partial charge in [-0.1, -0.05) is 45.9 Å². The minimum atomic E-state index is -2.30. The number of amides is 2. The maximum absolute atomic E-state index is 16.0. The van der Waals surface area contributed by atoms with Crippen LogP contribution in [0, 0.1) is 16.7 Å². The molecule has 0 unspecified atom stereocenters. The Balaban J connectivity index is 1.59. The molecule has 3 aliphatic carbocycles. The van der Waals surface area contributed by atoms with Crippen molar-refractivity contribution in [3.63, 3.8) is 0 Å². The third-order valence-electron chi connectivity index (χ3n) is 14.5. The molecule has 2 amide bonds. The number of esters is 2. The van der Waals surface area contributed by atoms with Crippen LogP contribution in [0.4, 0.5) is 9.59 Å². The third-order valence-corrected chi connectivity index (χ3v) is 14.5. The molecule has 2 saturated carbocycles. The zero-order valence-corrected chi connectivity index (χ0v) is 38.2. The van der Waals surface area contributed by atoms with Gasteiger partial charge in [0, 0.05) is 56.7 Å². The van der Waals surface area contributed by atoms with E-state index in [1.165, 1.54) is 28.1 Å². The van der Waals surface area contributed by atoms with Gasteiger partial charge < -0.3 is 53.6 Å². The predicted molar refractivity (Wildman–Crippen MR) is 224 cm³/mol. The summed E-state index contributed by atoms with van der Waals surface area (Å²) in [4.78, 5) is 86.7. The number of hydrogen-bond acceptors (Lipinski definition) is 14. The number of methoxy groups -OCH3 is 1. The van der Waals surface area contributed by atoms with Gasteiger partial charge in [-0.3, -0.25) is 4.79 Å². The second-order valence-corrected chi connectivity index (χ2v) is 20.2. The SMILES string of the molecule is CO[C@H]1C[C@H]2OC[C@]23B(C(C)=O)[C@@]32[C@H](OC(=O)c3ccccc3)[C@]3(O)C[C@H](OC(=O)[C@H](O)[C@H](CC(C)C)NC(=O)OC(C)(C)C)C(C)=C([C@@H](OC(=O)N(C)C)C(=O)[C@]12C)C3(C)C. The number of carbonyl (C=O) groups is 6. The first-order valence-electron chi connectivity index (χ1n) is 21.3. The van der Waals surface area contributed by atoms with Crippen molar-refractivity contribution in [1.82, 2.24) is 10.2 Å². The number of fused-ring (bicyclic) bond motifs is 2. The highest BCUT2D eigenvalue weighted by atomic mass is 16.6. The first-order valence-corrected chi connectivity index (χ1v) is 21.3. The van der Waals surface area contributed by atoms with Crippen LogP contribution in [-0.4, -0.2) is 139 Å². The smallest absolute Gasteiger partial charge is 0.410 e. The Bertz CT molecular complexity index is 2030. The van der Waals surface area contributed by atoms with Crippen molar-refractivity contribution in [2.75, 3.05) is 27.8 Å². The van der Waals surface area contributed by atoms with Gasteiger partial charge in [-0.05, 0) is 77.2 Å². The lowest BCUT2D eigenvalue weighted by Gasteiger charge is -2.65. The molecule has 3 N–H and O–H groups in total. The standard InChI is InChI=1S/C45H63BN2O14/c1-23(2)19-27(47-38(54)62-40(5,6)7)32(50)36(53)59-28-21-44(56)37(61-35(52)26-17-15-14-16-18-26)45-42(10,29(57-13)20-30-43(45,22-58-30)46(45)25(4)49)34(51)33(60-39(55)48(11)12)31(24(28)3)41(44,8)9/h14-18,23,27-30,32-33,37,50,56H,19-22H2,1-13H3,(H,47,54)/t27-,28-,29-,30+,32+,33+,37+,42-,43-,44+,45+/m0/s1. The monoisotopic (exact) mass is 866 g/mol. The molecule has 2 bridgehead atoms. The van der Waals surface area contributed by atoms with E-state index in [-0.39, 0.29) is 47.8 Å². The normalized spacial score (nSPS) is 34.1. The fourth-order valence-corrected chi connectivity index (χ4v) is 11.8. The van der Waals surface area contributed by atoms with Crippen LogP contribution in [0.25, 0.3) is 0 Å². The van der Waals surface area contributed by atoms with Gasteiger partial charge in [0.1, 0.15) is 23.4 Å². The molecule has 62 heavy (non-hydrogen) atoms. The highest BCUT2D eigenvalue weighted by Gasteiger charge is 2.99. The highest BCUT2D eigenvalue weighted by molar-refractivity contribution is 7.04. The molecule has 2 spiro atoms. The number of benzene rings is 1. The van der Waals surface area contributed by atoms with Gasteiger partial charge in [-0.25, -0.2) is 19.2 Å². The summed E-state index contributed by atoms with van der Waals surface area (Å²) < 4.78 is 36.7. The van der Waals surface area contributed by atoms with Gasteiger partial charge >= 0.3 is 24.1 Å².